The van der Waals surface area contributed by atoms with Crippen LogP contribution >= 0.6 is 0 Å². The molecule has 9 heteroatoms. The zero-order chi connectivity index (χ0) is 15.6. The number of nitrogens with zero attached hydrogens (tertiary/aromatic N) is 1. The van der Waals surface area contributed by atoms with Gasteiger partial charge in [0.25, 0.3) is 0 Å². The fraction of sp³-hybridized carbons (Fsp3) is 0.500. The van der Waals surface area contributed by atoms with Crippen molar-refractivity contribution in [3.63, 3.8) is 0 Å². The lowest BCUT2D eigenvalue weighted by atomic mass is 10.1. The summed E-state index contributed by atoms with van der Waals surface area (Å²) in [5.74, 6) is -1.95. The maximum atomic E-state index is 13.6. The van der Waals surface area contributed by atoms with Crippen molar-refractivity contribution in [1.82, 2.24) is 5.32 Å². The van der Waals surface area contributed by atoms with Gasteiger partial charge in [0.2, 0.25) is 5.82 Å². The average molecular weight is 320 g/mol. The first-order valence-corrected chi connectivity index (χ1v) is 8.17. The van der Waals surface area contributed by atoms with Gasteiger partial charge >= 0.3 is 5.69 Å². The van der Waals surface area contributed by atoms with E-state index in [-0.39, 0.29) is 29.7 Å². The first kappa shape index (κ1) is 15.8. The van der Waals surface area contributed by atoms with Gasteiger partial charge in [-0.3, -0.25) is 10.1 Å². The number of hydrogen-bond acceptors (Lipinski definition) is 5. The highest BCUT2D eigenvalue weighted by atomic mass is 32.2. The predicted octanol–water partition coefficient (Wildman–Crippen LogP) is 1.54. The van der Waals surface area contributed by atoms with Crippen LogP contribution in [0.1, 0.15) is 18.4 Å². The molecular weight excluding hydrogens is 306 g/mol. The third-order valence-electron chi connectivity index (χ3n) is 3.45. The molecule has 1 fully saturated rings. The van der Waals surface area contributed by atoms with Crippen molar-refractivity contribution in [1.29, 1.82) is 0 Å². The lowest BCUT2D eigenvalue weighted by molar-refractivity contribution is -0.387. The summed E-state index contributed by atoms with van der Waals surface area (Å²) in [4.78, 5) is 9.71. The number of nitrogens with one attached hydrogen (secondary N) is 1. The van der Waals surface area contributed by atoms with E-state index in [0.717, 1.165) is 6.07 Å². The Balaban J connectivity index is 2.04. The van der Waals surface area contributed by atoms with Gasteiger partial charge in [0.05, 0.1) is 16.4 Å². The highest BCUT2D eigenvalue weighted by molar-refractivity contribution is 7.91. The Morgan fingerprint density at radius 3 is 2.43 bits per heavy atom. The molecule has 0 aromatic heterocycles. The molecule has 0 bridgehead atoms. The molecule has 116 valence electrons. The van der Waals surface area contributed by atoms with Gasteiger partial charge in [-0.15, -0.1) is 0 Å². The van der Waals surface area contributed by atoms with E-state index in [2.05, 4.69) is 5.32 Å². The molecule has 0 spiro atoms. The maximum absolute atomic E-state index is 13.6. The van der Waals surface area contributed by atoms with E-state index in [1.54, 1.807) is 0 Å². The molecular formula is C12H14F2N2O4S. The summed E-state index contributed by atoms with van der Waals surface area (Å²) in [5.41, 5.74) is -0.795. The van der Waals surface area contributed by atoms with Crippen molar-refractivity contribution in [2.24, 2.45) is 0 Å². The maximum Gasteiger partial charge on any atom is 0.305 e. The molecule has 1 aliphatic heterocycles. The van der Waals surface area contributed by atoms with Crippen LogP contribution in [0.25, 0.3) is 0 Å². The minimum atomic E-state index is -2.98. The highest BCUT2D eigenvalue weighted by Crippen LogP contribution is 2.22. The van der Waals surface area contributed by atoms with Crippen molar-refractivity contribution >= 4 is 15.5 Å². The number of sulfone groups is 1. The average Bonchev–Trinajstić information content (AvgIpc) is 2.38. The molecule has 2 rings (SSSR count). The zero-order valence-corrected chi connectivity index (χ0v) is 11.8. The lowest BCUT2D eigenvalue weighted by Gasteiger charge is -2.23. The van der Waals surface area contributed by atoms with Crippen LogP contribution in [0, 0.1) is 21.7 Å². The Morgan fingerprint density at radius 2 is 1.86 bits per heavy atom. The largest absolute Gasteiger partial charge is 0.310 e. The van der Waals surface area contributed by atoms with Gasteiger partial charge in [0, 0.05) is 30.3 Å². The van der Waals surface area contributed by atoms with Crippen LogP contribution in [0.4, 0.5) is 14.5 Å². The smallest absolute Gasteiger partial charge is 0.305 e. The summed E-state index contributed by atoms with van der Waals surface area (Å²) in [7, 11) is -2.98. The van der Waals surface area contributed by atoms with Gasteiger partial charge in [0.1, 0.15) is 15.7 Å². The SMILES string of the molecule is O=[N+]([O-])c1cc(CNC2CCS(=O)(=O)CC2)c(F)cc1F. The van der Waals surface area contributed by atoms with Crippen LogP contribution in [0.5, 0.6) is 0 Å². The van der Waals surface area contributed by atoms with Crippen LogP contribution in [-0.2, 0) is 16.4 Å². The predicted molar refractivity (Wildman–Crippen MR) is 71.5 cm³/mol. The molecule has 0 atom stereocenters. The Bertz CT molecular complexity index is 649. The number of nitro groups is 1. The zero-order valence-electron chi connectivity index (χ0n) is 11.0. The summed E-state index contributed by atoms with van der Waals surface area (Å²) in [6.07, 6.45) is 0.820. The normalized spacial score (nSPS) is 18.6. The van der Waals surface area contributed by atoms with E-state index in [1.807, 2.05) is 0 Å². The summed E-state index contributed by atoms with van der Waals surface area (Å²) in [6.45, 7) is -0.0162. The Kier molecular flexibility index (Phi) is 4.52. The topological polar surface area (TPSA) is 89.3 Å². The second-order valence-electron chi connectivity index (χ2n) is 4.96. The Labute approximate surface area is 120 Å². The molecule has 0 radical (unpaired) electrons. The van der Waals surface area contributed by atoms with Crippen molar-refractivity contribution in [2.75, 3.05) is 11.5 Å². The molecule has 1 aromatic rings. The Morgan fingerprint density at radius 1 is 1.24 bits per heavy atom. The fourth-order valence-corrected chi connectivity index (χ4v) is 3.70. The molecule has 1 N–H and O–H groups in total. The number of rotatable bonds is 4. The number of nitro benzene ring substituents is 1. The molecule has 21 heavy (non-hydrogen) atoms. The molecule has 1 heterocycles. The molecule has 0 unspecified atom stereocenters. The molecule has 0 amide bonds. The minimum absolute atomic E-state index is 0.0162. The van der Waals surface area contributed by atoms with E-state index in [0.29, 0.717) is 18.9 Å². The van der Waals surface area contributed by atoms with E-state index in [4.69, 9.17) is 0 Å². The van der Waals surface area contributed by atoms with Crippen molar-refractivity contribution in [2.45, 2.75) is 25.4 Å². The molecule has 1 saturated heterocycles. The standard InChI is InChI=1S/C12H14F2N2O4S/c13-10-6-11(14)12(16(17)18)5-8(10)7-15-9-1-3-21(19,20)4-2-9/h5-6,9,15H,1-4,7H2. The van der Waals surface area contributed by atoms with E-state index < -0.39 is 32.1 Å². The van der Waals surface area contributed by atoms with Gasteiger partial charge in [-0.1, -0.05) is 0 Å². The van der Waals surface area contributed by atoms with E-state index in [1.165, 1.54) is 0 Å². The van der Waals surface area contributed by atoms with E-state index >= 15 is 0 Å². The molecule has 0 saturated carbocycles. The van der Waals surface area contributed by atoms with Crippen molar-refractivity contribution < 1.29 is 22.1 Å². The number of halogens is 2. The van der Waals surface area contributed by atoms with E-state index in [9.17, 15) is 27.3 Å². The summed E-state index contributed by atoms with van der Waals surface area (Å²) in [6, 6.07) is 1.24. The van der Waals surface area contributed by atoms with Crippen LogP contribution in [0.15, 0.2) is 12.1 Å². The van der Waals surface area contributed by atoms with Crippen LogP contribution in [0.2, 0.25) is 0 Å². The number of benzene rings is 1. The van der Waals surface area contributed by atoms with Gasteiger partial charge < -0.3 is 5.32 Å². The quantitative estimate of drug-likeness (QED) is 0.671. The van der Waals surface area contributed by atoms with Crippen LogP contribution in [0.3, 0.4) is 0 Å². The van der Waals surface area contributed by atoms with Gasteiger partial charge in [-0.2, -0.15) is 4.39 Å². The Hall–Kier alpha value is -1.61. The molecule has 0 aliphatic carbocycles. The second-order valence-corrected chi connectivity index (χ2v) is 7.26. The van der Waals surface area contributed by atoms with Gasteiger partial charge in [-0.25, -0.2) is 12.8 Å². The van der Waals surface area contributed by atoms with Gasteiger partial charge in [0.15, 0.2) is 0 Å². The van der Waals surface area contributed by atoms with Crippen LogP contribution < -0.4 is 5.32 Å². The third kappa shape index (κ3) is 3.94. The first-order chi connectivity index (χ1) is 9.78. The molecule has 1 aliphatic rings. The second kappa shape index (κ2) is 6.02. The van der Waals surface area contributed by atoms with Crippen LogP contribution in [-0.4, -0.2) is 30.9 Å². The van der Waals surface area contributed by atoms with Crippen molar-refractivity contribution in [3.05, 3.63) is 39.4 Å². The van der Waals surface area contributed by atoms with Crippen molar-refractivity contribution in [3.8, 4) is 0 Å². The summed E-state index contributed by atoms with van der Waals surface area (Å²) in [5, 5.41) is 13.6. The first-order valence-electron chi connectivity index (χ1n) is 6.34. The highest BCUT2D eigenvalue weighted by Gasteiger charge is 2.24. The third-order valence-corrected chi connectivity index (χ3v) is 5.16. The molecule has 6 nitrogen and oxygen atoms in total. The summed E-state index contributed by atoms with van der Waals surface area (Å²) >= 11 is 0. The van der Waals surface area contributed by atoms with Gasteiger partial charge in [-0.05, 0) is 12.8 Å². The summed E-state index contributed by atoms with van der Waals surface area (Å²) < 4.78 is 49.3. The lowest BCUT2D eigenvalue weighted by Crippen LogP contribution is -2.37. The number of hydrogen-bond donors (Lipinski definition) is 1. The molecule has 1 aromatic carbocycles. The minimum Gasteiger partial charge on any atom is -0.310 e. The monoisotopic (exact) mass is 320 g/mol. The fourth-order valence-electron chi connectivity index (χ4n) is 2.20.